The molecule has 0 bridgehead atoms. The van der Waals surface area contributed by atoms with E-state index in [1.165, 1.54) is 22.5 Å². The Bertz CT molecular complexity index is 1530. The molecule has 0 saturated heterocycles. The molecule has 0 unspecified atom stereocenters. The SMILES string of the molecule is c1cnc(-c2cnsc2-c2nccc(-c3nnccc3-c3nnnn3-c3ccon3)n2)cn1. The van der Waals surface area contributed by atoms with Crippen LogP contribution in [0.4, 0.5) is 0 Å². The molecule has 0 saturated carbocycles. The number of rotatable bonds is 5. The van der Waals surface area contributed by atoms with Crippen molar-refractivity contribution in [3.63, 3.8) is 0 Å². The van der Waals surface area contributed by atoms with Crippen molar-refractivity contribution in [3.05, 3.63) is 61.6 Å². The minimum atomic E-state index is 0.409. The minimum absolute atomic E-state index is 0.409. The predicted octanol–water partition coefficient (Wildman–Crippen LogP) is 2.14. The molecule has 0 aromatic carbocycles. The summed E-state index contributed by atoms with van der Waals surface area (Å²) in [4.78, 5) is 18.4. The van der Waals surface area contributed by atoms with Crippen LogP contribution in [0, 0.1) is 0 Å². The average Bonchev–Trinajstić information content (AvgIpc) is 3.66. The van der Waals surface area contributed by atoms with Gasteiger partial charge in [-0.3, -0.25) is 9.97 Å². The van der Waals surface area contributed by atoms with Gasteiger partial charge in [0.05, 0.1) is 35.5 Å². The summed E-state index contributed by atoms with van der Waals surface area (Å²) in [5.74, 6) is 1.31. The van der Waals surface area contributed by atoms with E-state index in [2.05, 4.69) is 50.2 Å². The van der Waals surface area contributed by atoms with Crippen LogP contribution in [0.15, 0.2) is 66.2 Å². The molecule has 0 aliphatic rings. The molecule has 0 atom stereocenters. The third-order valence-corrected chi connectivity index (χ3v) is 5.38. The highest BCUT2D eigenvalue weighted by atomic mass is 32.1. The third kappa shape index (κ3) is 3.39. The molecule has 6 aromatic heterocycles. The second kappa shape index (κ2) is 8.01. The number of tetrazole rings is 1. The molecule has 158 valence electrons. The normalized spacial score (nSPS) is 11.0. The lowest BCUT2D eigenvalue weighted by atomic mass is 10.1. The molecule has 13 nitrogen and oxygen atoms in total. The summed E-state index contributed by atoms with van der Waals surface area (Å²) in [6.45, 7) is 0. The van der Waals surface area contributed by atoms with Crippen LogP contribution in [0.3, 0.4) is 0 Å². The van der Waals surface area contributed by atoms with E-state index < -0.39 is 0 Å². The van der Waals surface area contributed by atoms with Crippen molar-refractivity contribution >= 4 is 11.5 Å². The van der Waals surface area contributed by atoms with Crippen molar-refractivity contribution < 1.29 is 4.52 Å². The first-order valence-electron chi connectivity index (χ1n) is 9.44. The maximum absolute atomic E-state index is 4.92. The molecule has 0 N–H and O–H groups in total. The Morgan fingerprint density at radius 3 is 2.76 bits per heavy atom. The highest BCUT2D eigenvalue weighted by Gasteiger charge is 2.21. The Morgan fingerprint density at radius 1 is 0.879 bits per heavy atom. The van der Waals surface area contributed by atoms with Crippen LogP contribution in [0.2, 0.25) is 0 Å². The molecule has 6 heterocycles. The molecule has 0 spiro atoms. The van der Waals surface area contributed by atoms with E-state index in [0.29, 0.717) is 40.1 Å². The van der Waals surface area contributed by atoms with Gasteiger partial charge < -0.3 is 4.52 Å². The molecule has 0 aliphatic heterocycles. The van der Waals surface area contributed by atoms with Gasteiger partial charge in [-0.25, -0.2) is 9.97 Å². The standard InChI is InChI=1S/C19H10N12OS/c1-5-23-26-16(11(1)19-27-29-30-31(19)15-3-8-32-28-15)13-2-4-22-18(25-13)17-12(9-24-33-17)14-10-20-6-7-21-14/h1-10H. The van der Waals surface area contributed by atoms with Crippen molar-refractivity contribution in [1.29, 1.82) is 0 Å². The molecule has 0 aliphatic carbocycles. The zero-order valence-electron chi connectivity index (χ0n) is 16.5. The van der Waals surface area contributed by atoms with E-state index in [0.717, 1.165) is 10.4 Å². The fourth-order valence-corrected chi connectivity index (χ4v) is 3.85. The van der Waals surface area contributed by atoms with Crippen LogP contribution >= 0.6 is 11.5 Å². The van der Waals surface area contributed by atoms with Crippen LogP contribution in [0.25, 0.3) is 50.6 Å². The van der Waals surface area contributed by atoms with Gasteiger partial charge in [0.1, 0.15) is 16.8 Å². The van der Waals surface area contributed by atoms with Crippen LogP contribution in [0.5, 0.6) is 0 Å². The molecule has 14 heteroatoms. The summed E-state index contributed by atoms with van der Waals surface area (Å²) in [6.07, 6.45) is 11.3. The fraction of sp³-hybridized carbons (Fsp3) is 0. The van der Waals surface area contributed by atoms with E-state index in [1.54, 1.807) is 55.4 Å². The Labute approximate surface area is 188 Å². The zero-order valence-corrected chi connectivity index (χ0v) is 17.3. The first kappa shape index (κ1) is 18.9. The highest BCUT2D eigenvalue weighted by Crippen LogP contribution is 2.34. The molecule has 33 heavy (non-hydrogen) atoms. The molecule has 0 amide bonds. The van der Waals surface area contributed by atoms with Crippen molar-refractivity contribution in [3.8, 4) is 50.6 Å². The maximum atomic E-state index is 4.92. The second-order valence-electron chi connectivity index (χ2n) is 6.49. The van der Waals surface area contributed by atoms with Crippen LogP contribution in [-0.4, -0.2) is 59.9 Å². The number of aromatic nitrogens is 12. The van der Waals surface area contributed by atoms with Gasteiger partial charge in [0.25, 0.3) is 0 Å². The summed E-state index contributed by atoms with van der Waals surface area (Å²) >= 11 is 1.27. The van der Waals surface area contributed by atoms with Crippen LogP contribution in [0.1, 0.15) is 0 Å². The van der Waals surface area contributed by atoms with E-state index in [-0.39, 0.29) is 0 Å². The summed E-state index contributed by atoms with van der Waals surface area (Å²) in [5, 5.41) is 24.2. The number of hydrogen-bond acceptors (Lipinski definition) is 13. The van der Waals surface area contributed by atoms with Gasteiger partial charge in [-0.05, 0) is 34.1 Å². The smallest absolute Gasteiger partial charge is 0.200 e. The molecular weight excluding hydrogens is 444 g/mol. The fourth-order valence-electron chi connectivity index (χ4n) is 3.15. The van der Waals surface area contributed by atoms with Crippen molar-refractivity contribution in [1.82, 2.24) is 59.9 Å². The second-order valence-corrected chi connectivity index (χ2v) is 7.29. The van der Waals surface area contributed by atoms with Gasteiger partial charge in [-0.15, -0.1) is 10.2 Å². The summed E-state index contributed by atoms with van der Waals surface area (Å²) in [5.41, 5.74) is 3.10. The predicted molar refractivity (Wildman–Crippen MR) is 113 cm³/mol. The molecule has 0 fully saturated rings. The Kier molecular flexibility index (Phi) is 4.58. The van der Waals surface area contributed by atoms with E-state index >= 15 is 0 Å². The van der Waals surface area contributed by atoms with Gasteiger partial charge in [-0.1, -0.05) is 5.16 Å². The van der Waals surface area contributed by atoms with Gasteiger partial charge in [0.15, 0.2) is 17.5 Å². The van der Waals surface area contributed by atoms with Crippen LogP contribution < -0.4 is 0 Å². The van der Waals surface area contributed by atoms with Crippen molar-refractivity contribution in [2.24, 2.45) is 0 Å². The van der Waals surface area contributed by atoms with Gasteiger partial charge >= 0.3 is 0 Å². The summed E-state index contributed by atoms with van der Waals surface area (Å²) in [6, 6.07) is 5.14. The van der Waals surface area contributed by atoms with Crippen molar-refractivity contribution in [2.75, 3.05) is 0 Å². The average molecular weight is 454 g/mol. The van der Waals surface area contributed by atoms with Crippen LogP contribution in [-0.2, 0) is 0 Å². The quantitative estimate of drug-likeness (QED) is 0.374. The lowest BCUT2D eigenvalue weighted by Crippen LogP contribution is -2.03. The first-order chi connectivity index (χ1) is 16.4. The molecular formula is C19H10N12OS. The first-order valence-corrected chi connectivity index (χ1v) is 10.2. The topological polar surface area (TPSA) is 160 Å². The van der Waals surface area contributed by atoms with Crippen molar-refractivity contribution in [2.45, 2.75) is 0 Å². The largest absolute Gasteiger partial charge is 0.363 e. The van der Waals surface area contributed by atoms with Gasteiger partial charge in [0, 0.05) is 30.2 Å². The third-order valence-electron chi connectivity index (χ3n) is 4.58. The lowest BCUT2D eigenvalue weighted by molar-refractivity contribution is 0.414. The molecule has 6 aromatic rings. The molecule has 0 radical (unpaired) electrons. The van der Waals surface area contributed by atoms with Gasteiger partial charge in [0.2, 0.25) is 0 Å². The molecule has 6 rings (SSSR count). The lowest BCUT2D eigenvalue weighted by Gasteiger charge is -2.07. The summed E-state index contributed by atoms with van der Waals surface area (Å²) in [7, 11) is 0. The Morgan fingerprint density at radius 2 is 1.88 bits per heavy atom. The Hall–Kier alpha value is -4.85. The maximum Gasteiger partial charge on any atom is 0.200 e. The Balaban J connectivity index is 1.46. The highest BCUT2D eigenvalue weighted by molar-refractivity contribution is 7.10. The number of hydrogen-bond donors (Lipinski definition) is 0. The van der Waals surface area contributed by atoms with E-state index in [4.69, 9.17) is 9.51 Å². The monoisotopic (exact) mass is 454 g/mol. The van der Waals surface area contributed by atoms with E-state index in [1.807, 2.05) is 0 Å². The number of nitrogens with zero attached hydrogens (tertiary/aromatic N) is 12. The summed E-state index contributed by atoms with van der Waals surface area (Å²) < 4.78 is 10.7. The zero-order chi connectivity index (χ0) is 22.0. The van der Waals surface area contributed by atoms with Gasteiger partial charge in [-0.2, -0.15) is 14.2 Å². The van der Waals surface area contributed by atoms with E-state index in [9.17, 15) is 0 Å². The minimum Gasteiger partial charge on any atom is -0.363 e.